The molecule has 0 spiro atoms. The number of hydrogen-bond donors (Lipinski definition) is 1. The largest absolute Gasteiger partial charge is 0.389 e. The standard InChI is InChI=1S/C14H20N2OS/c1-13(2)5-3-4-6-14(13,17)9-11-10-16-7-8-18-12(16)15-11/h7-8,10,17H,3-6,9H2,1-2H3. The van der Waals surface area contributed by atoms with Crippen molar-refractivity contribution in [3.63, 3.8) is 0 Å². The van der Waals surface area contributed by atoms with E-state index >= 15 is 0 Å². The quantitative estimate of drug-likeness (QED) is 0.904. The Morgan fingerprint density at radius 2 is 2.17 bits per heavy atom. The van der Waals surface area contributed by atoms with Crippen molar-refractivity contribution in [1.82, 2.24) is 9.38 Å². The van der Waals surface area contributed by atoms with Crippen LogP contribution in [0.25, 0.3) is 4.96 Å². The summed E-state index contributed by atoms with van der Waals surface area (Å²) in [7, 11) is 0. The molecule has 0 bridgehead atoms. The van der Waals surface area contributed by atoms with Gasteiger partial charge in [-0.25, -0.2) is 4.98 Å². The molecule has 1 aliphatic rings. The van der Waals surface area contributed by atoms with Gasteiger partial charge in [-0.3, -0.25) is 4.40 Å². The van der Waals surface area contributed by atoms with Crippen molar-refractivity contribution in [2.45, 2.75) is 51.6 Å². The van der Waals surface area contributed by atoms with Crippen LogP contribution in [0.3, 0.4) is 0 Å². The fourth-order valence-corrected chi connectivity index (χ4v) is 3.76. The first kappa shape index (κ1) is 12.2. The molecule has 1 unspecified atom stereocenters. The van der Waals surface area contributed by atoms with Gasteiger partial charge in [0.25, 0.3) is 0 Å². The van der Waals surface area contributed by atoms with Gasteiger partial charge in [-0.05, 0) is 18.3 Å². The molecule has 1 atom stereocenters. The fourth-order valence-electron chi connectivity index (χ4n) is 3.04. The molecule has 18 heavy (non-hydrogen) atoms. The van der Waals surface area contributed by atoms with Gasteiger partial charge in [-0.15, -0.1) is 11.3 Å². The van der Waals surface area contributed by atoms with E-state index in [-0.39, 0.29) is 5.41 Å². The van der Waals surface area contributed by atoms with Crippen LogP contribution in [0.1, 0.15) is 45.2 Å². The lowest BCUT2D eigenvalue weighted by Crippen LogP contribution is -2.48. The van der Waals surface area contributed by atoms with Gasteiger partial charge in [-0.1, -0.05) is 26.7 Å². The fraction of sp³-hybridized carbons (Fsp3) is 0.643. The van der Waals surface area contributed by atoms with Crippen molar-refractivity contribution in [2.24, 2.45) is 5.41 Å². The molecule has 1 aliphatic carbocycles. The molecule has 0 saturated heterocycles. The van der Waals surface area contributed by atoms with Gasteiger partial charge in [0.05, 0.1) is 11.3 Å². The lowest BCUT2D eigenvalue weighted by Gasteiger charge is -2.46. The van der Waals surface area contributed by atoms with Crippen LogP contribution in [-0.2, 0) is 6.42 Å². The third-order valence-electron chi connectivity index (χ3n) is 4.52. The molecule has 1 saturated carbocycles. The second-order valence-corrected chi connectivity index (χ2v) is 7.00. The number of thiazole rings is 1. The first-order valence-electron chi connectivity index (χ1n) is 6.64. The number of aromatic nitrogens is 2. The zero-order valence-electron chi connectivity index (χ0n) is 11.0. The summed E-state index contributed by atoms with van der Waals surface area (Å²) in [4.78, 5) is 5.62. The number of aliphatic hydroxyl groups is 1. The molecule has 3 rings (SSSR count). The van der Waals surface area contributed by atoms with Gasteiger partial charge in [0.1, 0.15) is 0 Å². The smallest absolute Gasteiger partial charge is 0.193 e. The second kappa shape index (κ2) is 4.07. The van der Waals surface area contributed by atoms with Crippen LogP contribution in [0.4, 0.5) is 0 Å². The number of imidazole rings is 1. The van der Waals surface area contributed by atoms with Crippen LogP contribution in [0, 0.1) is 5.41 Å². The minimum absolute atomic E-state index is 0.0116. The van der Waals surface area contributed by atoms with Crippen molar-refractivity contribution in [2.75, 3.05) is 0 Å². The highest BCUT2D eigenvalue weighted by Crippen LogP contribution is 2.45. The highest BCUT2D eigenvalue weighted by Gasteiger charge is 2.45. The summed E-state index contributed by atoms with van der Waals surface area (Å²) in [5.74, 6) is 0. The van der Waals surface area contributed by atoms with Crippen molar-refractivity contribution in [3.8, 4) is 0 Å². The van der Waals surface area contributed by atoms with Crippen LogP contribution in [0.2, 0.25) is 0 Å². The molecule has 0 aliphatic heterocycles. The number of fused-ring (bicyclic) bond motifs is 1. The Balaban J connectivity index is 1.88. The molecule has 4 heteroatoms. The SMILES string of the molecule is CC1(C)CCCCC1(O)Cc1cn2ccsc2n1. The lowest BCUT2D eigenvalue weighted by atomic mass is 9.64. The van der Waals surface area contributed by atoms with Gasteiger partial charge in [-0.2, -0.15) is 0 Å². The molecular formula is C14H20N2OS. The molecule has 2 heterocycles. The van der Waals surface area contributed by atoms with Gasteiger partial charge >= 0.3 is 0 Å². The molecule has 0 aromatic carbocycles. The molecule has 98 valence electrons. The van der Waals surface area contributed by atoms with E-state index in [4.69, 9.17) is 0 Å². The lowest BCUT2D eigenvalue weighted by molar-refractivity contribution is -0.0963. The normalized spacial score (nSPS) is 27.7. The van der Waals surface area contributed by atoms with E-state index < -0.39 is 5.60 Å². The summed E-state index contributed by atoms with van der Waals surface area (Å²) in [5, 5.41) is 13.0. The van der Waals surface area contributed by atoms with Crippen LogP contribution in [0.5, 0.6) is 0 Å². The second-order valence-electron chi connectivity index (χ2n) is 6.12. The average molecular weight is 264 g/mol. The molecule has 1 N–H and O–H groups in total. The summed E-state index contributed by atoms with van der Waals surface area (Å²) in [6, 6.07) is 0. The summed E-state index contributed by atoms with van der Waals surface area (Å²) in [5.41, 5.74) is 0.400. The summed E-state index contributed by atoms with van der Waals surface area (Å²) >= 11 is 1.64. The van der Waals surface area contributed by atoms with Crippen molar-refractivity contribution < 1.29 is 5.11 Å². The topological polar surface area (TPSA) is 37.5 Å². The Morgan fingerprint density at radius 1 is 1.39 bits per heavy atom. The minimum atomic E-state index is -0.602. The summed E-state index contributed by atoms with van der Waals surface area (Å²) in [6.07, 6.45) is 9.10. The van der Waals surface area contributed by atoms with E-state index in [2.05, 4.69) is 25.0 Å². The third-order valence-corrected chi connectivity index (χ3v) is 5.29. The maximum Gasteiger partial charge on any atom is 0.193 e. The zero-order valence-corrected chi connectivity index (χ0v) is 11.8. The summed E-state index contributed by atoms with van der Waals surface area (Å²) < 4.78 is 2.04. The Bertz CT molecular complexity index is 528. The number of hydrogen-bond acceptors (Lipinski definition) is 3. The molecule has 0 amide bonds. The Kier molecular flexibility index (Phi) is 2.75. The Hall–Kier alpha value is -0.870. The van der Waals surface area contributed by atoms with Gasteiger partial charge in [0.2, 0.25) is 0 Å². The first-order chi connectivity index (χ1) is 8.50. The van der Waals surface area contributed by atoms with Crippen LogP contribution < -0.4 is 0 Å². The monoisotopic (exact) mass is 264 g/mol. The van der Waals surface area contributed by atoms with E-state index in [1.54, 1.807) is 11.3 Å². The first-order valence-corrected chi connectivity index (χ1v) is 7.52. The molecule has 0 radical (unpaired) electrons. The molecular weight excluding hydrogens is 244 g/mol. The van der Waals surface area contributed by atoms with E-state index in [9.17, 15) is 5.11 Å². The van der Waals surface area contributed by atoms with E-state index in [0.717, 1.165) is 29.9 Å². The van der Waals surface area contributed by atoms with Gasteiger partial charge in [0, 0.05) is 24.2 Å². The third kappa shape index (κ3) is 1.88. The Labute approximate surface area is 111 Å². The van der Waals surface area contributed by atoms with E-state index in [1.807, 2.05) is 16.0 Å². The van der Waals surface area contributed by atoms with Crippen molar-refractivity contribution >= 4 is 16.3 Å². The van der Waals surface area contributed by atoms with E-state index in [1.165, 1.54) is 6.42 Å². The van der Waals surface area contributed by atoms with Gasteiger partial charge < -0.3 is 5.11 Å². The maximum absolute atomic E-state index is 11.0. The van der Waals surface area contributed by atoms with Crippen molar-refractivity contribution in [1.29, 1.82) is 0 Å². The molecule has 2 aromatic rings. The van der Waals surface area contributed by atoms with E-state index in [0.29, 0.717) is 6.42 Å². The average Bonchev–Trinajstić information content (AvgIpc) is 2.83. The maximum atomic E-state index is 11.0. The molecule has 1 fully saturated rings. The highest BCUT2D eigenvalue weighted by molar-refractivity contribution is 7.15. The van der Waals surface area contributed by atoms with Crippen LogP contribution in [0.15, 0.2) is 17.8 Å². The summed E-state index contributed by atoms with van der Waals surface area (Å²) in [6.45, 7) is 4.37. The predicted octanol–water partition coefficient (Wildman–Crippen LogP) is 3.27. The number of nitrogens with zero attached hydrogens (tertiary/aromatic N) is 2. The van der Waals surface area contributed by atoms with Gasteiger partial charge in [0.15, 0.2) is 4.96 Å². The van der Waals surface area contributed by atoms with Crippen LogP contribution >= 0.6 is 11.3 Å². The molecule has 2 aromatic heterocycles. The number of rotatable bonds is 2. The Morgan fingerprint density at radius 3 is 2.89 bits per heavy atom. The zero-order chi connectivity index (χ0) is 12.8. The highest BCUT2D eigenvalue weighted by atomic mass is 32.1. The van der Waals surface area contributed by atoms with Crippen molar-refractivity contribution in [3.05, 3.63) is 23.5 Å². The van der Waals surface area contributed by atoms with Crippen LogP contribution in [-0.4, -0.2) is 20.1 Å². The minimum Gasteiger partial charge on any atom is -0.389 e. The predicted molar refractivity (Wildman–Crippen MR) is 74.0 cm³/mol. The molecule has 3 nitrogen and oxygen atoms in total.